The van der Waals surface area contributed by atoms with Crippen LogP contribution < -0.4 is 5.73 Å². The zero-order valence-corrected chi connectivity index (χ0v) is 12.1. The van der Waals surface area contributed by atoms with E-state index in [9.17, 15) is 5.11 Å². The Balaban J connectivity index is 0.00000225. The molecule has 0 aliphatic heterocycles. The lowest BCUT2D eigenvalue weighted by Crippen LogP contribution is -2.26. The second-order valence-electron chi connectivity index (χ2n) is 3.55. The molecule has 0 spiro atoms. The summed E-state index contributed by atoms with van der Waals surface area (Å²) >= 11 is 9.29. The molecular formula is C11H16BrCl2NO. The number of aliphatic hydroxyl groups excluding tert-OH is 1. The van der Waals surface area contributed by atoms with Gasteiger partial charge in [-0.25, -0.2) is 0 Å². The Kier molecular flexibility index (Phi) is 7.61. The Bertz CT molecular complexity index is 336. The van der Waals surface area contributed by atoms with E-state index in [0.29, 0.717) is 11.4 Å². The third kappa shape index (κ3) is 4.22. The van der Waals surface area contributed by atoms with Crippen LogP contribution in [0.5, 0.6) is 0 Å². The van der Waals surface area contributed by atoms with E-state index in [1.807, 2.05) is 13.0 Å². The van der Waals surface area contributed by atoms with E-state index in [2.05, 4.69) is 15.9 Å². The number of aliphatic hydroxyl groups is 1. The Morgan fingerprint density at radius 1 is 1.50 bits per heavy atom. The van der Waals surface area contributed by atoms with Gasteiger partial charge < -0.3 is 10.8 Å². The number of hydrogen-bond acceptors (Lipinski definition) is 2. The van der Waals surface area contributed by atoms with Gasteiger partial charge in [-0.15, -0.1) is 12.4 Å². The predicted molar refractivity (Wildman–Crippen MR) is 74.2 cm³/mol. The van der Waals surface area contributed by atoms with Crippen molar-refractivity contribution < 1.29 is 5.11 Å². The van der Waals surface area contributed by atoms with Crippen LogP contribution in [-0.4, -0.2) is 11.2 Å². The Hall–Kier alpha value is 0.200. The van der Waals surface area contributed by atoms with Gasteiger partial charge in [0.05, 0.1) is 12.1 Å². The largest absolute Gasteiger partial charge is 0.391 e. The molecule has 0 aromatic heterocycles. The van der Waals surface area contributed by atoms with Crippen LogP contribution in [0.25, 0.3) is 0 Å². The maximum atomic E-state index is 9.80. The highest BCUT2D eigenvalue weighted by Crippen LogP contribution is 2.28. The SMILES string of the molecule is CCC[C@H](O)[C@H](N)c1cc(Cl)ccc1Br.Cl. The van der Waals surface area contributed by atoms with Crippen molar-refractivity contribution in [3.63, 3.8) is 0 Å². The molecule has 0 radical (unpaired) electrons. The Morgan fingerprint density at radius 2 is 2.12 bits per heavy atom. The Morgan fingerprint density at radius 3 is 2.69 bits per heavy atom. The number of hydrogen-bond donors (Lipinski definition) is 2. The zero-order valence-electron chi connectivity index (χ0n) is 8.99. The molecule has 0 unspecified atom stereocenters. The monoisotopic (exact) mass is 327 g/mol. The van der Waals surface area contributed by atoms with Crippen molar-refractivity contribution in [1.29, 1.82) is 0 Å². The van der Waals surface area contributed by atoms with Crippen LogP contribution in [0.15, 0.2) is 22.7 Å². The molecule has 0 aliphatic carbocycles. The summed E-state index contributed by atoms with van der Waals surface area (Å²) < 4.78 is 0.884. The van der Waals surface area contributed by atoms with E-state index in [1.165, 1.54) is 0 Å². The first-order valence-electron chi connectivity index (χ1n) is 4.94. The lowest BCUT2D eigenvalue weighted by Gasteiger charge is -2.20. The molecule has 1 rings (SSSR count). The summed E-state index contributed by atoms with van der Waals surface area (Å²) in [7, 11) is 0. The second-order valence-corrected chi connectivity index (χ2v) is 4.84. The molecule has 2 atom stereocenters. The topological polar surface area (TPSA) is 46.2 Å². The zero-order chi connectivity index (χ0) is 11.4. The van der Waals surface area contributed by atoms with Crippen LogP contribution in [0, 0.1) is 0 Å². The fourth-order valence-electron chi connectivity index (χ4n) is 1.45. The lowest BCUT2D eigenvalue weighted by atomic mass is 9.99. The standard InChI is InChI=1S/C11H15BrClNO.ClH/c1-2-3-10(15)11(14)8-6-7(13)4-5-9(8)12;/h4-6,10-11,15H,2-3,14H2,1H3;1H/t10-,11+;/m0./s1. The molecule has 0 aliphatic rings. The first kappa shape index (κ1) is 16.2. The van der Waals surface area contributed by atoms with Gasteiger partial charge in [-0.05, 0) is 30.2 Å². The normalized spacial score (nSPS) is 14.1. The minimum Gasteiger partial charge on any atom is -0.391 e. The molecule has 0 saturated heterocycles. The van der Waals surface area contributed by atoms with Crippen molar-refractivity contribution in [2.45, 2.75) is 31.9 Å². The van der Waals surface area contributed by atoms with Gasteiger partial charge in [0.2, 0.25) is 0 Å². The van der Waals surface area contributed by atoms with E-state index in [-0.39, 0.29) is 12.4 Å². The third-order valence-corrected chi connectivity index (χ3v) is 3.27. The second kappa shape index (κ2) is 7.51. The minimum atomic E-state index is -0.523. The molecular weight excluding hydrogens is 313 g/mol. The van der Waals surface area contributed by atoms with Gasteiger partial charge in [-0.1, -0.05) is 40.9 Å². The number of rotatable bonds is 4. The van der Waals surface area contributed by atoms with Gasteiger partial charge >= 0.3 is 0 Å². The number of nitrogens with two attached hydrogens (primary N) is 1. The highest BCUT2D eigenvalue weighted by Gasteiger charge is 2.18. The highest BCUT2D eigenvalue weighted by molar-refractivity contribution is 9.10. The summed E-state index contributed by atoms with van der Waals surface area (Å²) in [6.07, 6.45) is 1.08. The van der Waals surface area contributed by atoms with E-state index < -0.39 is 12.1 Å². The van der Waals surface area contributed by atoms with Crippen LogP contribution in [0.4, 0.5) is 0 Å². The summed E-state index contributed by atoms with van der Waals surface area (Å²) in [6.45, 7) is 2.02. The molecule has 92 valence electrons. The van der Waals surface area contributed by atoms with Crippen molar-refractivity contribution in [2.75, 3.05) is 0 Å². The van der Waals surface area contributed by atoms with Crippen molar-refractivity contribution in [1.82, 2.24) is 0 Å². The summed E-state index contributed by atoms with van der Waals surface area (Å²) in [4.78, 5) is 0. The quantitative estimate of drug-likeness (QED) is 0.885. The van der Waals surface area contributed by atoms with Gasteiger partial charge in [0, 0.05) is 9.50 Å². The number of benzene rings is 1. The smallest absolute Gasteiger partial charge is 0.0733 e. The molecule has 16 heavy (non-hydrogen) atoms. The molecule has 1 aromatic rings. The van der Waals surface area contributed by atoms with Gasteiger partial charge in [-0.2, -0.15) is 0 Å². The summed E-state index contributed by atoms with van der Waals surface area (Å²) in [5.74, 6) is 0. The third-order valence-electron chi connectivity index (χ3n) is 2.32. The van der Waals surface area contributed by atoms with Crippen LogP contribution in [0.1, 0.15) is 31.4 Å². The lowest BCUT2D eigenvalue weighted by molar-refractivity contribution is 0.134. The van der Waals surface area contributed by atoms with Crippen LogP contribution >= 0.6 is 39.9 Å². The molecule has 0 fully saturated rings. The highest BCUT2D eigenvalue weighted by atomic mass is 79.9. The molecule has 0 saturated carbocycles. The van der Waals surface area contributed by atoms with Crippen LogP contribution in [0.3, 0.4) is 0 Å². The van der Waals surface area contributed by atoms with E-state index >= 15 is 0 Å². The minimum absolute atomic E-state index is 0. The number of halogens is 3. The average Bonchev–Trinajstić information content (AvgIpc) is 2.21. The van der Waals surface area contributed by atoms with Gasteiger partial charge in [-0.3, -0.25) is 0 Å². The molecule has 0 bridgehead atoms. The summed E-state index contributed by atoms with van der Waals surface area (Å²) in [5, 5.41) is 10.4. The maximum Gasteiger partial charge on any atom is 0.0733 e. The predicted octanol–water partition coefficient (Wildman–Crippen LogP) is 3.69. The van der Waals surface area contributed by atoms with Crippen LogP contribution in [-0.2, 0) is 0 Å². The molecule has 0 heterocycles. The van der Waals surface area contributed by atoms with E-state index in [0.717, 1.165) is 16.5 Å². The van der Waals surface area contributed by atoms with Gasteiger partial charge in [0.25, 0.3) is 0 Å². The van der Waals surface area contributed by atoms with Crippen molar-refractivity contribution in [2.24, 2.45) is 5.73 Å². The van der Waals surface area contributed by atoms with Gasteiger partial charge in [0.1, 0.15) is 0 Å². The maximum absolute atomic E-state index is 9.80. The van der Waals surface area contributed by atoms with E-state index in [1.54, 1.807) is 12.1 Å². The summed E-state index contributed by atoms with van der Waals surface area (Å²) in [6, 6.07) is 5.03. The van der Waals surface area contributed by atoms with E-state index in [4.69, 9.17) is 17.3 Å². The Labute approximate surface area is 116 Å². The van der Waals surface area contributed by atoms with Crippen molar-refractivity contribution in [3.05, 3.63) is 33.3 Å². The fraction of sp³-hybridized carbons (Fsp3) is 0.455. The van der Waals surface area contributed by atoms with Crippen LogP contribution in [0.2, 0.25) is 5.02 Å². The molecule has 1 aromatic carbocycles. The van der Waals surface area contributed by atoms with Crippen molar-refractivity contribution in [3.8, 4) is 0 Å². The first-order chi connectivity index (χ1) is 7.06. The molecule has 5 heteroatoms. The fourth-order valence-corrected chi connectivity index (χ4v) is 2.14. The molecule has 2 nitrogen and oxygen atoms in total. The van der Waals surface area contributed by atoms with Gasteiger partial charge in [0.15, 0.2) is 0 Å². The summed E-state index contributed by atoms with van der Waals surface area (Å²) in [5.41, 5.74) is 6.81. The van der Waals surface area contributed by atoms with Crippen molar-refractivity contribution >= 4 is 39.9 Å². The molecule has 3 N–H and O–H groups in total. The first-order valence-corrected chi connectivity index (χ1v) is 6.12. The average molecular weight is 329 g/mol. The molecule has 0 amide bonds.